The lowest BCUT2D eigenvalue weighted by atomic mass is 9.99. The summed E-state index contributed by atoms with van der Waals surface area (Å²) in [5.41, 5.74) is 12.6. The van der Waals surface area contributed by atoms with Crippen LogP contribution in [0.3, 0.4) is 0 Å². The molecule has 0 aliphatic carbocycles. The second-order valence-electron chi connectivity index (χ2n) is 7.97. The normalized spacial score (nSPS) is 10.9. The Labute approximate surface area is 201 Å². The number of benzene rings is 3. The van der Waals surface area contributed by atoms with Gasteiger partial charge < -0.3 is 15.8 Å². The van der Waals surface area contributed by atoms with Crippen molar-refractivity contribution >= 4 is 38.8 Å². The number of amides is 1. The number of methoxy groups -OCH3 is 1. The van der Waals surface area contributed by atoms with E-state index in [1.54, 1.807) is 19.2 Å². The monoisotopic (exact) mass is 465 g/mol. The summed E-state index contributed by atoms with van der Waals surface area (Å²) >= 11 is 1.30. The number of aryl methyl sites for hydroxylation is 1. The number of rotatable bonds is 5. The third kappa shape index (κ3) is 4.00. The van der Waals surface area contributed by atoms with E-state index in [1.807, 2.05) is 48.5 Å². The molecule has 0 saturated heterocycles. The number of anilines is 2. The minimum absolute atomic E-state index is 0.291. The fourth-order valence-corrected chi connectivity index (χ4v) is 4.95. The number of para-hydroxylation sites is 2. The van der Waals surface area contributed by atoms with Crippen LogP contribution in [0.15, 0.2) is 84.9 Å². The van der Waals surface area contributed by atoms with Crippen LogP contribution in [-0.2, 0) is 0 Å². The molecule has 34 heavy (non-hydrogen) atoms. The molecule has 5 nitrogen and oxygen atoms in total. The first-order valence-electron chi connectivity index (χ1n) is 10.8. The zero-order valence-electron chi connectivity index (χ0n) is 18.8. The van der Waals surface area contributed by atoms with Crippen molar-refractivity contribution < 1.29 is 9.53 Å². The third-order valence-electron chi connectivity index (χ3n) is 5.69. The minimum Gasteiger partial charge on any atom is -0.495 e. The lowest BCUT2D eigenvalue weighted by molar-refractivity contribution is 0.103. The molecule has 3 aromatic carbocycles. The van der Waals surface area contributed by atoms with Crippen molar-refractivity contribution in [2.45, 2.75) is 6.92 Å². The molecule has 0 unspecified atom stereocenters. The second kappa shape index (κ2) is 9.00. The van der Waals surface area contributed by atoms with Crippen LogP contribution in [0.25, 0.3) is 32.6 Å². The number of hydrogen-bond donors (Lipinski definition) is 2. The van der Waals surface area contributed by atoms with Crippen LogP contribution in [0.4, 0.5) is 11.4 Å². The predicted octanol–water partition coefficient (Wildman–Crippen LogP) is 6.78. The molecule has 5 rings (SSSR count). The first-order valence-corrected chi connectivity index (χ1v) is 11.7. The molecule has 2 aromatic heterocycles. The SMILES string of the molecule is COc1ccccc1NC(=O)c1sc2nc(-c3ccc(C)cc3)cc(-c3ccccc3)c2c1N. The van der Waals surface area contributed by atoms with Crippen LogP contribution in [-0.4, -0.2) is 18.0 Å². The van der Waals surface area contributed by atoms with Gasteiger partial charge in [-0.3, -0.25) is 4.79 Å². The number of hydrogen-bond acceptors (Lipinski definition) is 5. The summed E-state index contributed by atoms with van der Waals surface area (Å²) in [5, 5.41) is 3.72. The zero-order valence-corrected chi connectivity index (χ0v) is 19.6. The van der Waals surface area contributed by atoms with E-state index in [2.05, 4.69) is 36.5 Å². The highest BCUT2D eigenvalue weighted by molar-refractivity contribution is 7.21. The van der Waals surface area contributed by atoms with Gasteiger partial charge in [-0.15, -0.1) is 11.3 Å². The maximum atomic E-state index is 13.2. The molecule has 5 aromatic rings. The van der Waals surface area contributed by atoms with Gasteiger partial charge in [0.05, 0.1) is 24.2 Å². The summed E-state index contributed by atoms with van der Waals surface area (Å²) in [6, 6.07) is 27.6. The quantitative estimate of drug-likeness (QED) is 0.300. The number of pyridine rings is 1. The highest BCUT2D eigenvalue weighted by Gasteiger charge is 2.22. The molecular formula is C28H23N3O2S. The Kier molecular flexibility index (Phi) is 5.74. The molecular weight excluding hydrogens is 442 g/mol. The first-order chi connectivity index (χ1) is 16.5. The van der Waals surface area contributed by atoms with Crippen molar-refractivity contribution in [2.24, 2.45) is 0 Å². The number of carbonyl (C=O) groups excluding carboxylic acids is 1. The second-order valence-corrected chi connectivity index (χ2v) is 8.97. The number of nitrogens with one attached hydrogen (secondary N) is 1. The number of ether oxygens (including phenoxy) is 1. The average molecular weight is 466 g/mol. The van der Waals surface area contributed by atoms with E-state index in [-0.39, 0.29) is 5.91 Å². The molecule has 3 N–H and O–H groups in total. The summed E-state index contributed by atoms with van der Waals surface area (Å²) in [5.74, 6) is 0.293. The van der Waals surface area contributed by atoms with E-state index in [0.717, 1.165) is 32.6 Å². The molecule has 0 atom stereocenters. The number of nitrogen functional groups attached to an aromatic ring is 1. The Bertz CT molecular complexity index is 1490. The lowest BCUT2D eigenvalue weighted by Gasteiger charge is -2.10. The van der Waals surface area contributed by atoms with E-state index in [0.29, 0.717) is 22.0 Å². The summed E-state index contributed by atoms with van der Waals surface area (Å²) in [7, 11) is 1.57. The number of aromatic nitrogens is 1. The Morgan fingerprint density at radius 2 is 1.65 bits per heavy atom. The standard InChI is InChI=1S/C28H23N3O2S/c1-17-12-14-19(15-13-17)22-16-20(18-8-4-3-5-9-18)24-25(29)26(34-28(24)31-22)27(32)30-21-10-6-7-11-23(21)33-2/h3-16H,29H2,1-2H3,(H,30,32). The minimum atomic E-state index is -0.291. The largest absolute Gasteiger partial charge is 0.495 e. The van der Waals surface area contributed by atoms with Crippen molar-refractivity contribution in [2.75, 3.05) is 18.2 Å². The Morgan fingerprint density at radius 3 is 2.38 bits per heavy atom. The van der Waals surface area contributed by atoms with Gasteiger partial charge in [0.2, 0.25) is 0 Å². The molecule has 0 bridgehead atoms. The molecule has 0 fully saturated rings. The van der Waals surface area contributed by atoms with Crippen LogP contribution < -0.4 is 15.8 Å². The van der Waals surface area contributed by atoms with Gasteiger partial charge in [-0.25, -0.2) is 4.98 Å². The Hall–Kier alpha value is -4.16. The van der Waals surface area contributed by atoms with Gasteiger partial charge in [0.15, 0.2) is 0 Å². The van der Waals surface area contributed by atoms with Gasteiger partial charge in [0.25, 0.3) is 5.91 Å². The topological polar surface area (TPSA) is 77.2 Å². The van der Waals surface area contributed by atoms with Gasteiger partial charge >= 0.3 is 0 Å². The van der Waals surface area contributed by atoms with E-state index in [1.165, 1.54) is 16.9 Å². The summed E-state index contributed by atoms with van der Waals surface area (Å²) in [6.45, 7) is 2.06. The van der Waals surface area contributed by atoms with Crippen molar-refractivity contribution in [3.8, 4) is 28.1 Å². The van der Waals surface area contributed by atoms with Gasteiger partial charge in [-0.1, -0.05) is 72.3 Å². The van der Waals surface area contributed by atoms with Gasteiger partial charge in [-0.05, 0) is 36.2 Å². The smallest absolute Gasteiger partial charge is 0.268 e. The molecule has 0 aliphatic rings. The Balaban J connectivity index is 1.66. The van der Waals surface area contributed by atoms with Crippen LogP contribution in [0.5, 0.6) is 5.75 Å². The number of carbonyl (C=O) groups is 1. The lowest BCUT2D eigenvalue weighted by Crippen LogP contribution is -2.12. The average Bonchev–Trinajstić information content (AvgIpc) is 3.21. The molecule has 0 spiro atoms. The van der Waals surface area contributed by atoms with Crippen LogP contribution in [0.1, 0.15) is 15.2 Å². The van der Waals surface area contributed by atoms with Crippen molar-refractivity contribution in [1.82, 2.24) is 4.98 Å². The molecule has 0 aliphatic heterocycles. The fourth-order valence-electron chi connectivity index (χ4n) is 3.93. The fraction of sp³-hybridized carbons (Fsp3) is 0.0714. The molecule has 2 heterocycles. The van der Waals surface area contributed by atoms with Crippen molar-refractivity contribution in [3.05, 3.63) is 95.4 Å². The van der Waals surface area contributed by atoms with Crippen LogP contribution in [0.2, 0.25) is 0 Å². The predicted molar refractivity (Wildman–Crippen MR) is 141 cm³/mol. The first kappa shape index (κ1) is 21.7. The van der Waals surface area contributed by atoms with E-state index in [9.17, 15) is 4.79 Å². The maximum absolute atomic E-state index is 13.2. The van der Waals surface area contributed by atoms with E-state index < -0.39 is 0 Å². The molecule has 0 saturated carbocycles. The van der Waals surface area contributed by atoms with E-state index >= 15 is 0 Å². The number of nitrogens with zero attached hydrogens (tertiary/aromatic N) is 1. The maximum Gasteiger partial charge on any atom is 0.268 e. The molecule has 1 amide bonds. The highest BCUT2D eigenvalue weighted by Crippen LogP contribution is 2.41. The van der Waals surface area contributed by atoms with Gasteiger partial charge in [0.1, 0.15) is 15.5 Å². The summed E-state index contributed by atoms with van der Waals surface area (Å²) in [6.07, 6.45) is 0. The molecule has 6 heteroatoms. The van der Waals surface area contributed by atoms with Crippen molar-refractivity contribution in [1.29, 1.82) is 0 Å². The Morgan fingerprint density at radius 1 is 0.941 bits per heavy atom. The van der Waals surface area contributed by atoms with Gasteiger partial charge in [0, 0.05) is 10.9 Å². The molecule has 0 radical (unpaired) electrons. The number of fused-ring (bicyclic) bond motifs is 1. The zero-order chi connectivity index (χ0) is 23.7. The highest BCUT2D eigenvalue weighted by atomic mass is 32.1. The summed E-state index contributed by atoms with van der Waals surface area (Å²) in [4.78, 5) is 19.3. The van der Waals surface area contributed by atoms with Crippen LogP contribution in [0, 0.1) is 6.92 Å². The number of nitrogens with two attached hydrogens (primary N) is 1. The van der Waals surface area contributed by atoms with Crippen LogP contribution >= 0.6 is 11.3 Å². The number of thiophene rings is 1. The molecule has 168 valence electrons. The third-order valence-corrected chi connectivity index (χ3v) is 6.79. The van der Waals surface area contributed by atoms with Crippen molar-refractivity contribution in [3.63, 3.8) is 0 Å². The summed E-state index contributed by atoms with van der Waals surface area (Å²) < 4.78 is 5.37. The van der Waals surface area contributed by atoms with E-state index in [4.69, 9.17) is 15.5 Å². The van der Waals surface area contributed by atoms with Gasteiger partial charge in [-0.2, -0.15) is 0 Å².